The van der Waals surface area contributed by atoms with Crippen LogP contribution < -0.4 is 21.3 Å². The molecule has 1 heterocycles. The second kappa shape index (κ2) is 12.0. The molecule has 1 atom stereocenters. The summed E-state index contributed by atoms with van der Waals surface area (Å²) in [4.78, 5) is 16.0. The molecule has 0 bridgehead atoms. The van der Waals surface area contributed by atoms with Crippen LogP contribution in [-0.2, 0) is 23.8 Å². The highest BCUT2D eigenvalue weighted by Gasteiger charge is 2.20. The highest BCUT2D eigenvalue weighted by molar-refractivity contribution is 7.84. The third-order valence-corrected chi connectivity index (χ3v) is 7.50. The normalized spacial score (nSPS) is 14.5. The van der Waals surface area contributed by atoms with Gasteiger partial charge in [0.1, 0.15) is 0 Å². The van der Waals surface area contributed by atoms with Crippen LogP contribution in [0.2, 0.25) is 0 Å². The minimum Gasteiger partial charge on any atom is -0.388 e. The highest BCUT2D eigenvalue weighted by Crippen LogP contribution is 2.29. The van der Waals surface area contributed by atoms with E-state index in [0.29, 0.717) is 18.7 Å². The number of rotatable bonds is 9. The maximum atomic E-state index is 12.9. The number of hydrogen-bond donors (Lipinski definition) is 3. The van der Waals surface area contributed by atoms with Crippen LogP contribution in [0.3, 0.4) is 0 Å². The molecule has 4 rings (SSSR count). The molecule has 3 aromatic carbocycles. The summed E-state index contributed by atoms with van der Waals surface area (Å²) in [6, 6.07) is 23.7. The van der Waals surface area contributed by atoms with Gasteiger partial charge in [0.25, 0.3) is 5.91 Å². The summed E-state index contributed by atoms with van der Waals surface area (Å²) in [5.41, 5.74) is 13.5. The molecule has 0 spiro atoms. The second-order valence-electron chi connectivity index (χ2n) is 8.95. The molecule has 4 N–H and O–H groups in total. The zero-order chi connectivity index (χ0) is 25.5. The van der Waals surface area contributed by atoms with Crippen molar-refractivity contribution in [2.45, 2.75) is 24.3 Å². The Kier molecular flexibility index (Phi) is 8.57. The summed E-state index contributed by atoms with van der Waals surface area (Å²) in [6.07, 6.45) is 3.63. The van der Waals surface area contributed by atoms with E-state index in [2.05, 4.69) is 33.7 Å². The summed E-state index contributed by atoms with van der Waals surface area (Å²) in [5, 5.41) is 6.35. The van der Waals surface area contributed by atoms with Crippen LogP contribution >= 0.6 is 0 Å². The number of nitrogens with one attached hydrogen (secondary N) is 2. The lowest BCUT2D eigenvalue weighted by atomic mass is 9.97. The fourth-order valence-corrected chi connectivity index (χ4v) is 5.19. The third kappa shape index (κ3) is 6.04. The zero-order valence-corrected chi connectivity index (χ0v) is 21.7. The quantitative estimate of drug-likeness (QED) is 0.415. The van der Waals surface area contributed by atoms with Crippen molar-refractivity contribution < 1.29 is 9.00 Å². The van der Waals surface area contributed by atoms with Crippen LogP contribution in [0.5, 0.6) is 0 Å². The van der Waals surface area contributed by atoms with E-state index in [1.807, 2.05) is 61.6 Å². The van der Waals surface area contributed by atoms with Gasteiger partial charge in [0.15, 0.2) is 0 Å². The Morgan fingerprint density at radius 1 is 1.03 bits per heavy atom. The van der Waals surface area contributed by atoms with Crippen LogP contribution in [0, 0.1) is 0 Å². The minimum atomic E-state index is -1.01. The summed E-state index contributed by atoms with van der Waals surface area (Å²) >= 11 is 0. The number of nitrogens with two attached hydrogens (primary N) is 1. The zero-order valence-electron chi connectivity index (χ0n) is 20.9. The number of benzene rings is 3. The van der Waals surface area contributed by atoms with Crippen LogP contribution in [-0.4, -0.2) is 43.1 Å². The number of aryl methyl sites for hydroxylation is 1. The Morgan fingerprint density at radius 2 is 1.78 bits per heavy atom. The Morgan fingerprint density at radius 3 is 2.44 bits per heavy atom. The van der Waals surface area contributed by atoms with E-state index < -0.39 is 10.8 Å². The van der Waals surface area contributed by atoms with Crippen molar-refractivity contribution in [3.8, 4) is 0 Å². The Hall–Kier alpha value is -3.42. The SMILES string of the molecule is CN/C(=C(\CN)CN1CCCc2cc(C(=O)NCc3ccc(S(C)=O)cc3)ccc21)c1ccccc1. The molecule has 3 aromatic rings. The van der Waals surface area contributed by atoms with E-state index in [1.54, 1.807) is 6.26 Å². The molecule has 1 amide bonds. The molecule has 0 saturated heterocycles. The number of fused-ring (bicyclic) bond motifs is 1. The second-order valence-corrected chi connectivity index (χ2v) is 10.3. The first-order valence-electron chi connectivity index (χ1n) is 12.2. The Bertz CT molecular complexity index is 1260. The molecule has 0 fully saturated rings. The molecule has 0 radical (unpaired) electrons. The van der Waals surface area contributed by atoms with Gasteiger partial charge in [0.2, 0.25) is 0 Å². The lowest BCUT2D eigenvalue weighted by Crippen LogP contribution is -2.34. The van der Waals surface area contributed by atoms with Crippen LogP contribution in [0.15, 0.2) is 83.3 Å². The molecule has 0 aliphatic carbocycles. The van der Waals surface area contributed by atoms with E-state index >= 15 is 0 Å². The lowest BCUT2D eigenvalue weighted by molar-refractivity contribution is 0.0951. The molecule has 0 aromatic heterocycles. The molecule has 6 nitrogen and oxygen atoms in total. The number of hydrogen-bond acceptors (Lipinski definition) is 5. The molecular formula is C29H34N4O2S. The molecule has 7 heteroatoms. The van der Waals surface area contributed by atoms with Gasteiger partial charge in [-0.1, -0.05) is 42.5 Å². The van der Waals surface area contributed by atoms with Crippen molar-refractivity contribution in [3.63, 3.8) is 0 Å². The maximum absolute atomic E-state index is 12.9. The smallest absolute Gasteiger partial charge is 0.251 e. The van der Waals surface area contributed by atoms with E-state index in [9.17, 15) is 9.00 Å². The average molecular weight is 503 g/mol. The first-order valence-corrected chi connectivity index (χ1v) is 13.8. The summed E-state index contributed by atoms with van der Waals surface area (Å²) < 4.78 is 11.6. The summed E-state index contributed by atoms with van der Waals surface area (Å²) in [5.74, 6) is -0.0952. The van der Waals surface area contributed by atoms with Crippen molar-refractivity contribution in [1.29, 1.82) is 0 Å². The summed E-state index contributed by atoms with van der Waals surface area (Å²) in [6.45, 7) is 2.58. The molecular weight excluding hydrogens is 468 g/mol. The van der Waals surface area contributed by atoms with Gasteiger partial charge in [-0.3, -0.25) is 9.00 Å². The largest absolute Gasteiger partial charge is 0.388 e. The fourth-order valence-electron chi connectivity index (χ4n) is 4.67. The van der Waals surface area contributed by atoms with Gasteiger partial charge in [0.05, 0.1) is 0 Å². The van der Waals surface area contributed by atoms with Gasteiger partial charge in [-0.2, -0.15) is 0 Å². The van der Waals surface area contributed by atoms with Gasteiger partial charge < -0.3 is 21.3 Å². The van der Waals surface area contributed by atoms with E-state index in [0.717, 1.165) is 58.9 Å². The number of nitrogens with zero attached hydrogens (tertiary/aromatic N) is 1. The minimum absolute atomic E-state index is 0.0952. The highest BCUT2D eigenvalue weighted by atomic mass is 32.2. The Labute approximate surface area is 216 Å². The van der Waals surface area contributed by atoms with Gasteiger partial charge >= 0.3 is 0 Å². The van der Waals surface area contributed by atoms with Crippen molar-refractivity contribution >= 4 is 28.1 Å². The van der Waals surface area contributed by atoms with Gasteiger partial charge in [-0.05, 0) is 65.4 Å². The summed E-state index contributed by atoms with van der Waals surface area (Å²) in [7, 11) is 0.930. The average Bonchev–Trinajstić information content (AvgIpc) is 2.92. The number of carbonyl (C=O) groups is 1. The molecule has 36 heavy (non-hydrogen) atoms. The number of anilines is 1. The fraction of sp³-hybridized carbons (Fsp3) is 0.276. The number of carbonyl (C=O) groups excluding carboxylic acids is 1. The third-order valence-electron chi connectivity index (χ3n) is 6.56. The van der Waals surface area contributed by atoms with E-state index in [1.165, 1.54) is 5.56 Å². The molecule has 1 aliphatic heterocycles. The van der Waals surface area contributed by atoms with Crippen molar-refractivity contribution in [3.05, 3.63) is 101 Å². The first-order chi connectivity index (χ1) is 17.5. The molecule has 1 unspecified atom stereocenters. The van der Waals surface area contributed by atoms with Crippen molar-refractivity contribution in [2.24, 2.45) is 5.73 Å². The van der Waals surface area contributed by atoms with Crippen LogP contribution in [0.1, 0.15) is 33.5 Å². The van der Waals surface area contributed by atoms with Gasteiger partial charge in [0, 0.05) is 72.1 Å². The van der Waals surface area contributed by atoms with Crippen LogP contribution in [0.4, 0.5) is 5.69 Å². The molecule has 0 saturated carbocycles. The topological polar surface area (TPSA) is 87.5 Å². The standard InChI is InChI=1S/C29H34N4O2S/c1-31-28(22-7-4-3-5-8-22)25(18-30)20-33-16-6-9-23-17-24(12-15-27(23)33)29(34)32-19-21-10-13-26(14-11-21)36(2)35/h3-5,7-8,10-15,17,31H,6,9,16,18-20,30H2,1-2H3,(H,32,34)/b28-25+. The molecule has 188 valence electrons. The van der Waals surface area contributed by atoms with Crippen LogP contribution in [0.25, 0.3) is 5.70 Å². The van der Waals surface area contributed by atoms with Gasteiger partial charge in [-0.25, -0.2) is 0 Å². The van der Waals surface area contributed by atoms with Crippen molar-refractivity contribution in [2.75, 3.05) is 37.8 Å². The Balaban J connectivity index is 1.48. The molecule has 1 aliphatic rings. The van der Waals surface area contributed by atoms with E-state index in [-0.39, 0.29) is 5.91 Å². The predicted octanol–water partition coefficient (Wildman–Crippen LogP) is 3.70. The number of amides is 1. The first kappa shape index (κ1) is 25.7. The maximum Gasteiger partial charge on any atom is 0.251 e. The van der Waals surface area contributed by atoms with E-state index in [4.69, 9.17) is 5.73 Å². The monoisotopic (exact) mass is 502 g/mol. The van der Waals surface area contributed by atoms with Crippen molar-refractivity contribution in [1.82, 2.24) is 10.6 Å². The predicted molar refractivity (Wildman–Crippen MR) is 148 cm³/mol. The van der Waals surface area contributed by atoms with Gasteiger partial charge in [-0.15, -0.1) is 0 Å². The lowest BCUT2D eigenvalue weighted by Gasteiger charge is -2.33.